The molecule has 1 aromatic rings. The third kappa shape index (κ3) is 13.1. The Kier molecular flexibility index (Phi) is 13.6. The lowest BCUT2D eigenvalue weighted by atomic mass is 10.0. The quantitative estimate of drug-likeness (QED) is 0.207. The molecule has 1 rings (SSSR count). The Morgan fingerprint density at radius 1 is 0.704 bits per heavy atom. The van der Waals surface area contributed by atoms with Crippen molar-refractivity contribution in [3.05, 3.63) is 17.9 Å². The number of rotatable bonds is 18. The molecule has 5 heteroatoms. The van der Waals surface area contributed by atoms with Gasteiger partial charge in [0, 0.05) is 6.42 Å². The summed E-state index contributed by atoms with van der Waals surface area (Å²) in [5.41, 5.74) is 0. The smallest absolute Gasteiger partial charge is 0.328 e. The van der Waals surface area contributed by atoms with E-state index in [9.17, 15) is 8.42 Å². The number of unbranched alkanes of at least 4 members (excludes halogenated alkanes) is 15. The fraction of sp³-hybridized carbons (Fsp3) is 0.818. The van der Waals surface area contributed by atoms with Gasteiger partial charge in [0.25, 0.3) is 0 Å². The summed E-state index contributed by atoms with van der Waals surface area (Å²) >= 11 is 0. The molecule has 0 spiro atoms. The second kappa shape index (κ2) is 15.2. The summed E-state index contributed by atoms with van der Waals surface area (Å²) in [6, 6.07) is 2.95. The minimum atomic E-state index is -4.21. The zero-order valence-corrected chi connectivity index (χ0v) is 18.1. The minimum absolute atomic E-state index is 0.353. The van der Waals surface area contributed by atoms with Crippen molar-refractivity contribution in [3.63, 3.8) is 0 Å². The van der Waals surface area contributed by atoms with Crippen LogP contribution in [0.25, 0.3) is 0 Å². The summed E-state index contributed by atoms with van der Waals surface area (Å²) in [5.74, 6) is 0.632. The van der Waals surface area contributed by atoms with E-state index in [1.54, 1.807) is 6.07 Å². The van der Waals surface area contributed by atoms with E-state index >= 15 is 0 Å². The topological polar surface area (TPSA) is 67.5 Å². The maximum Gasteiger partial charge on any atom is 0.328 e. The van der Waals surface area contributed by atoms with Crippen molar-refractivity contribution < 1.29 is 17.4 Å². The van der Waals surface area contributed by atoms with Crippen LogP contribution in [0.15, 0.2) is 21.6 Å². The maximum atomic E-state index is 10.9. The predicted octanol–water partition coefficient (Wildman–Crippen LogP) is 7.33. The van der Waals surface area contributed by atoms with E-state index in [0.717, 1.165) is 19.3 Å². The average Bonchev–Trinajstić information content (AvgIpc) is 3.11. The zero-order valence-electron chi connectivity index (χ0n) is 17.3. The zero-order chi connectivity index (χ0) is 19.8. The molecule has 1 heterocycles. The van der Waals surface area contributed by atoms with Crippen molar-refractivity contribution in [3.8, 4) is 0 Å². The molecule has 158 valence electrons. The number of aryl methyl sites for hydroxylation is 1. The standard InChI is InChI=1S/C22H40O4S/c1-2-3-4-5-6-7-8-9-10-11-12-13-14-15-16-17-18-21-19-20-22(26-21)27(23,24)25/h19-20H,2-18H2,1H3,(H,23,24,25). The molecule has 0 saturated carbocycles. The van der Waals surface area contributed by atoms with E-state index in [-0.39, 0.29) is 5.09 Å². The van der Waals surface area contributed by atoms with Gasteiger partial charge in [0.05, 0.1) is 0 Å². The Morgan fingerprint density at radius 2 is 1.11 bits per heavy atom. The Morgan fingerprint density at radius 3 is 1.48 bits per heavy atom. The van der Waals surface area contributed by atoms with Gasteiger partial charge < -0.3 is 4.42 Å². The first-order valence-corrected chi connectivity index (χ1v) is 12.5. The Hall–Kier alpha value is -0.810. The molecule has 0 fully saturated rings. The van der Waals surface area contributed by atoms with E-state index in [2.05, 4.69) is 6.92 Å². The molecule has 1 N–H and O–H groups in total. The average molecular weight is 401 g/mol. The first-order chi connectivity index (χ1) is 13.0. The van der Waals surface area contributed by atoms with Crippen molar-refractivity contribution in [2.45, 2.75) is 121 Å². The van der Waals surface area contributed by atoms with Gasteiger partial charge >= 0.3 is 10.1 Å². The van der Waals surface area contributed by atoms with Gasteiger partial charge in [0.1, 0.15) is 5.76 Å². The lowest BCUT2D eigenvalue weighted by molar-refractivity contribution is 0.381. The van der Waals surface area contributed by atoms with Crippen LogP contribution in [0.3, 0.4) is 0 Å². The van der Waals surface area contributed by atoms with E-state index in [1.807, 2.05) is 0 Å². The van der Waals surface area contributed by atoms with Crippen molar-refractivity contribution in [2.24, 2.45) is 0 Å². The minimum Gasteiger partial charge on any atom is -0.447 e. The third-order valence-electron chi connectivity index (χ3n) is 5.17. The first kappa shape index (κ1) is 24.2. The summed E-state index contributed by atoms with van der Waals surface area (Å²) in [4.78, 5) is 0. The predicted molar refractivity (Wildman–Crippen MR) is 112 cm³/mol. The second-order valence-corrected chi connectivity index (χ2v) is 9.10. The lowest BCUT2D eigenvalue weighted by Gasteiger charge is -2.03. The van der Waals surface area contributed by atoms with Crippen molar-refractivity contribution in [2.75, 3.05) is 0 Å². The van der Waals surface area contributed by atoms with Crippen molar-refractivity contribution in [1.29, 1.82) is 0 Å². The van der Waals surface area contributed by atoms with Crippen LogP contribution >= 0.6 is 0 Å². The highest BCUT2D eigenvalue weighted by molar-refractivity contribution is 7.85. The molecule has 4 nitrogen and oxygen atoms in total. The number of hydrogen-bond donors (Lipinski definition) is 1. The monoisotopic (exact) mass is 400 g/mol. The van der Waals surface area contributed by atoms with Crippen LogP contribution in [0, 0.1) is 0 Å². The van der Waals surface area contributed by atoms with E-state index in [1.165, 1.54) is 96.0 Å². The number of furan rings is 1. The molecule has 27 heavy (non-hydrogen) atoms. The van der Waals surface area contributed by atoms with Gasteiger partial charge in [-0.15, -0.1) is 0 Å². The molecule has 0 radical (unpaired) electrons. The van der Waals surface area contributed by atoms with Gasteiger partial charge in [-0.2, -0.15) is 8.42 Å². The highest BCUT2D eigenvalue weighted by atomic mass is 32.2. The Labute approximate surface area is 166 Å². The van der Waals surface area contributed by atoms with Crippen molar-refractivity contribution >= 4 is 10.1 Å². The van der Waals surface area contributed by atoms with Crippen LogP contribution in [0.1, 0.15) is 115 Å². The van der Waals surface area contributed by atoms with E-state index < -0.39 is 10.1 Å². The highest BCUT2D eigenvalue weighted by Crippen LogP contribution is 2.17. The van der Waals surface area contributed by atoms with Gasteiger partial charge in [-0.1, -0.05) is 103 Å². The van der Waals surface area contributed by atoms with Gasteiger partial charge in [0.15, 0.2) is 0 Å². The summed E-state index contributed by atoms with van der Waals surface area (Å²) in [6.07, 6.45) is 22.1. The van der Waals surface area contributed by atoms with Gasteiger partial charge in [-0.3, -0.25) is 4.55 Å². The molecule has 0 amide bonds. The molecule has 0 aliphatic rings. The molecule has 0 aliphatic carbocycles. The Balaban J connectivity index is 1.82. The van der Waals surface area contributed by atoms with Crippen LogP contribution < -0.4 is 0 Å². The fourth-order valence-electron chi connectivity index (χ4n) is 3.48. The fourth-order valence-corrected chi connectivity index (χ4v) is 3.93. The Bertz CT molecular complexity index is 563. The molecule has 0 saturated heterocycles. The van der Waals surface area contributed by atoms with E-state index in [0.29, 0.717) is 5.76 Å². The second-order valence-electron chi connectivity index (χ2n) is 7.75. The van der Waals surface area contributed by atoms with Gasteiger partial charge in [-0.25, -0.2) is 0 Å². The summed E-state index contributed by atoms with van der Waals surface area (Å²) in [5, 5.41) is -0.353. The molecular weight excluding hydrogens is 360 g/mol. The van der Waals surface area contributed by atoms with Crippen LogP contribution in [0.4, 0.5) is 0 Å². The van der Waals surface area contributed by atoms with Crippen molar-refractivity contribution in [1.82, 2.24) is 0 Å². The normalized spacial score (nSPS) is 11.9. The summed E-state index contributed by atoms with van der Waals surface area (Å²) in [7, 11) is -4.21. The molecule has 0 atom stereocenters. The van der Waals surface area contributed by atoms with Crippen LogP contribution in [-0.4, -0.2) is 13.0 Å². The molecule has 0 aromatic carbocycles. The van der Waals surface area contributed by atoms with Crippen LogP contribution in [0.2, 0.25) is 0 Å². The lowest BCUT2D eigenvalue weighted by Crippen LogP contribution is -1.94. The summed E-state index contributed by atoms with van der Waals surface area (Å²) < 4.78 is 35.9. The third-order valence-corrected chi connectivity index (χ3v) is 5.90. The van der Waals surface area contributed by atoms with Crippen LogP contribution in [-0.2, 0) is 16.5 Å². The molecule has 1 aromatic heterocycles. The SMILES string of the molecule is CCCCCCCCCCCCCCCCCCc1ccc(S(=O)(=O)O)o1. The van der Waals surface area contributed by atoms with E-state index in [4.69, 9.17) is 8.97 Å². The van der Waals surface area contributed by atoms with Gasteiger partial charge in [0.2, 0.25) is 5.09 Å². The largest absolute Gasteiger partial charge is 0.447 e. The maximum absolute atomic E-state index is 10.9. The first-order valence-electron chi connectivity index (χ1n) is 11.1. The number of hydrogen-bond acceptors (Lipinski definition) is 3. The molecule has 0 bridgehead atoms. The van der Waals surface area contributed by atoms with Crippen LogP contribution in [0.5, 0.6) is 0 Å². The molecule has 0 aliphatic heterocycles. The summed E-state index contributed by atoms with van der Waals surface area (Å²) in [6.45, 7) is 2.27. The molecule has 0 unspecified atom stereocenters. The highest BCUT2D eigenvalue weighted by Gasteiger charge is 2.14. The van der Waals surface area contributed by atoms with Gasteiger partial charge in [-0.05, 0) is 18.6 Å². The molecular formula is C22H40O4S.